The standard InChI is InChI=1S/BrClO3S/c1-6(3,4)5-2. The van der Waals surface area contributed by atoms with Crippen molar-refractivity contribution in [1.29, 1.82) is 0 Å². The van der Waals surface area contributed by atoms with Crippen LogP contribution in [0.5, 0.6) is 0 Å². The van der Waals surface area contributed by atoms with Gasteiger partial charge in [-0.3, -0.25) is 0 Å². The van der Waals surface area contributed by atoms with E-state index in [9.17, 15) is 8.42 Å². The summed E-state index contributed by atoms with van der Waals surface area (Å²) in [5.41, 5.74) is 0. The van der Waals surface area contributed by atoms with E-state index in [0.29, 0.717) is 0 Å². The SMILES string of the molecule is O=S(=O)(Br)OCl. The summed E-state index contributed by atoms with van der Waals surface area (Å²) in [5.74, 6) is 0. The fourth-order valence-corrected chi connectivity index (χ4v) is 0. The van der Waals surface area contributed by atoms with E-state index in [0.717, 1.165) is 0 Å². The first-order valence-corrected chi connectivity index (χ1v) is 4.37. The number of halogens is 2. The minimum Gasteiger partial charge on any atom is -0.186 e. The van der Waals surface area contributed by atoms with E-state index in [2.05, 4.69) is 30.4 Å². The summed E-state index contributed by atoms with van der Waals surface area (Å²) in [4.78, 5) is 0. The lowest BCUT2D eigenvalue weighted by Crippen LogP contribution is -1.81. The fourth-order valence-electron chi connectivity index (χ4n) is 0. The van der Waals surface area contributed by atoms with Gasteiger partial charge in [0.05, 0.1) is 26.7 Å². The van der Waals surface area contributed by atoms with E-state index in [1.54, 1.807) is 0 Å². The van der Waals surface area contributed by atoms with Crippen LogP contribution in [-0.2, 0) is 12.3 Å². The summed E-state index contributed by atoms with van der Waals surface area (Å²) in [7, 11) is -3.58. The van der Waals surface area contributed by atoms with Gasteiger partial charge in [0.25, 0.3) is 0 Å². The Kier molecular flexibility index (Phi) is 2.35. The third-order valence-electron chi connectivity index (χ3n) is 0.0752. The highest BCUT2D eigenvalue weighted by molar-refractivity contribution is 9.46. The zero-order valence-corrected chi connectivity index (χ0v) is 5.55. The number of hydrogen-bond donors (Lipinski definition) is 0. The van der Waals surface area contributed by atoms with Gasteiger partial charge in [-0.2, -0.15) is 8.42 Å². The van der Waals surface area contributed by atoms with Gasteiger partial charge in [0.2, 0.25) is 0 Å². The summed E-state index contributed by atoms with van der Waals surface area (Å²) >= 11 is 6.44. The lowest BCUT2D eigenvalue weighted by molar-refractivity contribution is 0.530. The molecule has 0 aliphatic rings. The van der Waals surface area contributed by atoms with E-state index in [4.69, 9.17) is 0 Å². The summed E-state index contributed by atoms with van der Waals surface area (Å²) in [6, 6.07) is 0. The quantitative estimate of drug-likeness (QED) is 0.581. The monoisotopic (exact) mass is 194 g/mol. The molecule has 0 aromatic heterocycles. The van der Waals surface area contributed by atoms with Crippen molar-refractivity contribution in [3.05, 3.63) is 0 Å². The van der Waals surface area contributed by atoms with Gasteiger partial charge in [0.15, 0.2) is 0 Å². The van der Waals surface area contributed by atoms with Crippen LogP contribution in [0.4, 0.5) is 0 Å². The summed E-state index contributed by atoms with van der Waals surface area (Å²) in [6.45, 7) is 0. The molecular formula is BrClO3S. The molecule has 0 rings (SSSR count). The molecule has 0 aliphatic carbocycles. The molecule has 0 aliphatic heterocycles. The van der Waals surface area contributed by atoms with Crippen LogP contribution in [-0.4, -0.2) is 8.42 Å². The van der Waals surface area contributed by atoms with Crippen LogP contribution in [0.3, 0.4) is 0 Å². The maximum absolute atomic E-state index is 9.56. The molecule has 0 amide bonds. The summed E-state index contributed by atoms with van der Waals surface area (Å²) in [5, 5.41) is 0. The highest BCUT2D eigenvalue weighted by atomic mass is 79.9. The molecule has 0 saturated carbocycles. The van der Waals surface area contributed by atoms with Gasteiger partial charge < -0.3 is 0 Å². The Bertz CT molecular complexity index is 113. The van der Waals surface area contributed by atoms with Crippen molar-refractivity contribution >= 4 is 35.2 Å². The maximum Gasteiger partial charge on any atom is 0.344 e. The second kappa shape index (κ2) is 2.11. The van der Waals surface area contributed by atoms with Gasteiger partial charge in [0, 0.05) is 0 Å². The van der Waals surface area contributed by atoms with E-state index >= 15 is 0 Å². The van der Waals surface area contributed by atoms with Gasteiger partial charge in [-0.25, -0.2) is 0 Å². The van der Waals surface area contributed by atoms with Gasteiger partial charge >= 0.3 is 8.55 Å². The lowest BCUT2D eigenvalue weighted by atomic mass is 15.8. The Labute approximate surface area is 47.7 Å². The summed E-state index contributed by atoms with van der Waals surface area (Å²) < 4.78 is 22.4. The second-order valence-electron chi connectivity index (χ2n) is 0.456. The van der Waals surface area contributed by atoms with E-state index < -0.39 is 8.55 Å². The molecule has 0 atom stereocenters. The fraction of sp³-hybridized carbons (Fsp3) is 0. The van der Waals surface area contributed by atoms with Crippen LogP contribution in [0.25, 0.3) is 0 Å². The highest BCUT2D eigenvalue weighted by Crippen LogP contribution is 2.02. The Morgan fingerprint density at radius 1 is 1.67 bits per heavy atom. The van der Waals surface area contributed by atoms with Crippen molar-refractivity contribution in [2.75, 3.05) is 0 Å². The van der Waals surface area contributed by atoms with Crippen molar-refractivity contribution in [2.24, 2.45) is 0 Å². The normalized spacial score (nSPS) is 11.7. The maximum atomic E-state index is 9.56. The van der Waals surface area contributed by atoms with Crippen LogP contribution in [0.2, 0.25) is 0 Å². The Morgan fingerprint density at radius 2 is 1.83 bits per heavy atom. The molecule has 6 heteroatoms. The molecule has 0 aromatic carbocycles. The molecule has 0 unspecified atom stereocenters. The predicted molar refractivity (Wildman–Crippen MR) is 24.8 cm³/mol. The Hall–Kier alpha value is 0.680. The van der Waals surface area contributed by atoms with Gasteiger partial charge in [-0.1, -0.05) is 0 Å². The van der Waals surface area contributed by atoms with Crippen LogP contribution < -0.4 is 0 Å². The first kappa shape index (κ1) is 6.68. The average Bonchev–Trinajstić information content (AvgIpc) is 1.35. The molecule has 0 fully saturated rings. The van der Waals surface area contributed by atoms with Crippen LogP contribution in [0.1, 0.15) is 0 Å². The highest BCUT2D eigenvalue weighted by Gasteiger charge is 1.97. The van der Waals surface area contributed by atoms with Gasteiger partial charge in [-0.15, -0.1) is 3.74 Å². The molecule has 0 bridgehead atoms. The van der Waals surface area contributed by atoms with Crippen LogP contribution >= 0.6 is 26.7 Å². The lowest BCUT2D eigenvalue weighted by Gasteiger charge is -1.76. The third kappa shape index (κ3) is 4.68. The zero-order valence-electron chi connectivity index (χ0n) is 2.39. The molecular weight excluding hydrogens is 195 g/mol. The molecule has 0 spiro atoms. The van der Waals surface area contributed by atoms with Crippen molar-refractivity contribution < 1.29 is 12.2 Å². The van der Waals surface area contributed by atoms with E-state index in [1.165, 1.54) is 0 Å². The topological polar surface area (TPSA) is 43.4 Å². The molecule has 6 heavy (non-hydrogen) atoms. The Morgan fingerprint density at radius 3 is 1.83 bits per heavy atom. The predicted octanol–water partition coefficient (Wildman–Crippen LogP) is 0.797. The van der Waals surface area contributed by atoms with Gasteiger partial charge in [-0.05, 0) is 0 Å². The molecule has 3 nitrogen and oxygen atoms in total. The van der Waals surface area contributed by atoms with Crippen LogP contribution in [0, 0.1) is 0 Å². The molecule has 0 radical (unpaired) electrons. The Balaban J connectivity index is 3.85. The smallest absolute Gasteiger partial charge is 0.186 e. The van der Waals surface area contributed by atoms with Crippen molar-refractivity contribution in [3.8, 4) is 0 Å². The van der Waals surface area contributed by atoms with Gasteiger partial charge in [0.1, 0.15) is 0 Å². The third-order valence-corrected chi connectivity index (χ3v) is 1.58. The van der Waals surface area contributed by atoms with Crippen molar-refractivity contribution in [3.63, 3.8) is 0 Å². The molecule has 38 valence electrons. The number of rotatable bonds is 1. The summed E-state index contributed by atoms with van der Waals surface area (Å²) in [6.07, 6.45) is 0. The molecule has 0 saturated heterocycles. The minimum absolute atomic E-state index is 2.10. The minimum atomic E-state index is -3.58. The molecule has 0 aromatic rings. The van der Waals surface area contributed by atoms with Crippen molar-refractivity contribution in [1.82, 2.24) is 0 Å². The zero-order chi connectivity index (χ0) is 5.21. The average molecular weight is 195 g/mol. The second-order valence-corrected chi connectivity index (χ2v) is 4.13. The largest absolute Gasteiger partial charge is 0.344 e. The molecule has 0 N–H and O–H groups in total. The van der Waals surface area contributed by atoms with Crippen molar-refractivity contribution in [2.45, 2.75) is 0 Å². The van der Waals surface area contributed by atoms with E-state index in [-0.39, 0.29) is 0 Å². The first-order chi connectivity index (χ1) is 2.56. The first-order valence-electron chi connectivity index (χ1n) is 0.809. The van der Waals surface area contributed by atoms with Crippen LogP contribution in [0.15, 0.2) is 0 Å². The van der Waals surface area contributed by atoms with E-state index in [1.807, 2.05) is 0 Å². The number of hydrogen-bond acceptors (Lipinski definition) is 3. The molecule has 0 heterocycles.